The largest absolute Gasteiger partial charge is 0.504 e. The number of ether oxygens (including phenoxy) is 2. The fourth-order valence-corrected chi connectivity index (χ4v) is 4.25. The molecule has 0 unspecified atom stereocenters. The summed E-state index contributed by atoms with van der Waals surface area (Å²) in [7, 11) is -20.3. The molecule has 0 aliphatic carbocycles. The molecule has 184 valence electrons. The Bertz CT molecular complexity index is 1240. The van der Waals surface area contributed by atoms with Gasteiger partial charge in [-0.25, -0.2) is 0 Å². The van der Waals surface area contributed by atoms with Crippen molar-refractivity contribution in [2.45, 2.75) is 9.79 Å². The van der Waals surface area contributed by atoms with Crippen molar-refractivity contribution >= 4 is 20.4 Å². The van der Waals surface area contributed by atoms with Gasteiger partial charge in [0.05, 0.1) is 0 Å². The number of benzene rings is 3. The minimum Gasteiger partial charge on any atom is -0.504 e. The number of rotatable bonds is 6. The molecular formula is C18H12F10O3S2. The molecule has 0 spiro atoms. The molecule has 0 saturated carbocycles. The van der Waals surface area contributed by atoms with E-state index in [0.717, 1.165) is 18.2 Å². The highest BCUT2D eigenvalue weighted by Gasteiger charge is 2.68. The van der Waals surface area contributed by atoms with E-state index in [1.807, 2.05) is 0 Å². The maximum Gasteiger partial charge on any atom is 0.313 e. The Hall–Kier alpha value is -2.94. The first-order valence-electron chi connectivity index (χ1n) is 8.38. The van der Waals surface area contributed by atoms with Crippen LogP contribution in [-0.2, 0) is 0 Å². The highest BCUT2D eigenvalue weighted by molar-refractivity contribution is 8.46. The van der Waals surface area contributed by atoms with Gasteiger partial charge in [-0.1, -0.05) is 63.1 Å². The maximum atomic E-state index is 13.2. The van der Waals surface area contributed by atoms with E-state index in [4.69, 9.17) is 9.47 Å². The van der Waals surface area contributed by atoms with Crippen molar-refractivity contribution in [2.75, 3.05) is 0 Å². The second kappa shape index (κ2) is 6.14. The zero-order valence-corrected chi connectivity index (χ0v) is 17.3. The van der Waals surface area contributed by atoms with Gasteiger partial charge < -0.3 is 14.6 Å². The molecule has 0 aromatic heterocycles. The normalized spacial score (nSPS) is 16.7. The van der Waals surface area contributed by atoms with Crippen LogP contribution >= 0.6 is 20.4 Å². The topological polar surface area (TPSA) is 38.7 Å². The predicted octanol–water partition coefficient (Wildman–Crippen LogP) is 10.3. The number of hydrogen-bond acceptors (Lipinski definition) is 3. The van der Waals surface area contributed by atoms with Crippen LogP contribution in [-0.4, -0.2) is 5.11 Å². The molecule has 0 amide bonds. The number of hydrogen-bond donors (Lipinski definition) is 1. The standard InChI is InChI=1S/C18H12F10O3S2/c19-32(20,21,22,23)17-7-3-1-5-15(17)30-12-9-10-14(13(29)11-12)31-16-6-2-4-8-18(16)33(24,25,26,27)28/h1-11,29H. The zero-order chi connectivity index (χ0) is 25.1. The fourth-order valence-electron chi connectivity index (χ4n) is 2.60. The SMILES string of the molecule is Oc1cc(Oc2ccccc2S(F)(F)(F)(F)F)ccc1Oc1ccccc1S(F)(F)(F)(F)F. The average Bonchev–Trinajstić information content (AvgIpc) is 2.61. The van der Waals surface area contributed by atoms with Gasteiger partial charge in [-0.2, -0.15) is 0 Å². The van der Waals surface area contributed by atoms with Crippen LogP contribution in [0.2, 0.25) is 0 Å². The summed E-state index contributed by atoms with van der Waals surface area (Å²) in [6, 6.07) is 6.60. The van der Waals surface area contributed by atoms with Crippen molar-refractivity contribution in [1.82, 2.24) is 0 Å². The van der Waals surface area contributed by atoms with Crippen molar-refractivity contribution < 1.29 is 53.4 Å². The van der Waals surface area contributed by atoms with Crippen LogP contribution in [0.5, 0.6) is 28.7 Å². The lowest BCUT2D eigenvalue weighted by molar-refractivity contribution is 0.346. The Morgan fingerprint density at radius 3 is 1.36 bits per heavy atom. The Morgan fingerprint density at radius 1 is 0.515 bits per heavy atom. The first-order chi connectivity index (χ1) is 14.5. The van der Waals surface area contributed by atoms with Gasteiger partial charge in [-0.05, 0) is 36.4 Å². The number of halogens is 10. The van der Waals surface area contributed by atoms with Crippen LogP contribution in [0.4, 0.5) is 38.9 Å². The molecular weight excluding hydrogens is 518 g/mol. The number of aromatic hydroxyl groups is 1. The summed E-state index contributed by atoms with van der Waals surface area (Å²) in [4.78, 5) is -4.72. The van der Waals surface area contributed by atoms with Crippen molar-refractivity contribution in [2.24, 2.45) is 0 Å². The van der Waals surface area contributed by atoms with Gasteiger partial charge in [0.2, 0.25) is 0 Å². The van der Waals surface area contributed by atoms with Gasteiger partial charge in [0.1, 0.15) is 27.0 Å². The van der Waals surface area contributed by atoms with E-state index in [2.05, 4.69) is 0 Å². The molecule has 0 heterocycles. The molecule has 0 aliphatic heterocycles. The second-order valence-electron chi connectivity index (χ2n) is 6.67. The Kier molecular flexibility index (Phi) is 4.59. The molecule has 3 aromatic rings. The van der Waals surface area contributed by atoms with E-state index >= 15 is 0 Å². The summed E-state index contributed by atoms with van der Waals surface area (Å²) in [5.41, 5.74) is 0. The fraction of sp³-hybridized carbons (Fsp3) is 0. The molecule has 3 rings (SSSR count). The summed E-state index contributed by atoms with van der Waals surface area (Å²) in [6.45, 7) is 0. The van der Waals surface area contributed by atoms with Crippen LogP contribution in [0.25, 0.3) is 0 Å². The van der Waals surface area contributed by atoms with Crippen molar-refractivity contribution in [3.05, 3.63) is 66.7 Å². The molecule has 0 atom stereocenters. The number of phenols is 1. The van der Waals surface area contributed by atoms with Crippen LogP contribution in [0.1, 0.15) is 0 Å². The van der Waals surface area contributed by atoms with E-state index in [9.17, 15) is 44.0 Å². The van der Waals surface area contributed by atoms with Crippen LogP contribution in [0, 0.1) is 0 Å². The Morgan fingerprint density at radius 2 is 0.939 bits per heavy atom. The lowest BCUT2D eigenvalue weighted by Gasteiger charge is -2.41. The molecule has 1 N–H and O–H groups in total. The van der Waals surface area contributed by atoms with Gasteiger partial charge >= 0.3 is 20.4 Å². The van der Waals surface area contributed by atoms with E-state index < -0.39 is 59.0 Å². The van der Waals surface area contributed by atoms with Gasteiger partial charge in [0, 0.05) is 6.07 Å². The van der Waals surface area contributed by atoms with E-state index in [0.29, 0.717) is 36.4 Å². The third-order valence-corrected chi connectivity index (χ3v) is 6.24. The summed E-state index contributed by atoms with van der Waals surface area (Å²) >= 11 is 0. The molecule has 0 radical (unpaired) electrons. The summed E-state index contributed by atoms with van der Waals surface area (Å²) in [5.74, 6) is -5.12. The molecule has 0 saturated heterocycles. The quantitative estimate of drug-likeness (QED) is 0.322. The average molecular weight is 530 g/mol. The summed E-state index contributed by atoms with van der Waals surface area (Å²) in [6.07, 6.45) is 0. The minimum atomic E-state index is -10.2. The summed E-state index contributed by atoms with van der Waals surface area (Å²) in [5, 5.41) is 9.96. The first kappa shape index (κ1) is 24.7. The van der Waals surface area contributed by atoms with Crippen molar-refractivity contribution in [3.8, 4) is 28.7 Å². The van der Waals surface area contributed by atoms with Gasteiger partial charge in [-0.15, -0.1) is 0 Å². The van der Waals surface area contributed by atoms with Gasteiger partial charge in [-0.3, -0.25) is 0 Å². The van der Waals surface area contributed by atoms with Crippen LogP contribution in [0.3, 0.4) is 0 Å². The van der Waals surface area contributed by atoms with E-state index in [-0.39, 0.29) is 12.1 Å². The van der Waals surface area contributed by atoms with E-state index in [1.165, 1.54) is 0 Å². The predicted molar refractivity (Wildman–Crippen MR) is 104 cm³/mol. The van der Waals surface area contributed by atoms with Gasteiger partial charge in [0.15, 0.2) is 11.5 Å². The molecule has 33 heavy (non-hydrogen) atoms. The van der Waals surface area contributed by atoms with E-state index in [1.54, 1.807) is 0 Å². The molecule has 15 heteroatoms. The highest BCUT2D eigenvalue weighted by atomic mass is 32.5. The van der Waals surface area contributed by atoms with Crippen molar-refractivity contribution in [3.63, 3.8) is 0 Å². The van der Waals surface area contributed by atoms with Crippen LogP contribution in [0.15, 0.2) is 76.5 Å². The monoisotopic (exact) mass is 530 g/mol. The lowest BCUT2D eigenvalue weighted by Crippen LogP contribution is -2.08. The Labute approximate surface area is 179 Å². The Balaban J connectivity index is 1.96. The maximum absolute atomic E-state index is 13.2. The molecule has 0 bridgehead atoms. The summed E-state index contributed by atoms with van der Waals surface area (Å²) < 4.78 is 141. The third-order valence-electron chi connectivity index (χ3n) is 3.91. The van der Waals surface area contributed by atoms with Gasteiger partial charge in [0.25, 0.3) is 0 Å². The zero-order valence-electron chi connectivity index (χ0n) is 15.7. The number of phenolic OH excluding ortho intramolecular Hbond substituents is 1. The third kappa shape index (κ3) is 5.90. The minimum absolute atomic E-state index is 0.0718. The molecule has 3 nitrogen and oxygen atoms in total. The number of para-hydroxylation sites is 2. The molecule has 0 aliphatic rings. The first-order valence-corrected chi connectivity index (χ1v) is 12.3. The highest BCUT2D eigenvalue weighted by Crippen LogP contribution is 3.03. The van der Waals surface area contributed by atoms with Crippen LogP contribution < -0.4 is 9.47 Å². The van der Waals surface area contributed by atoms with Crippen molar-refractivity contribution in [1.29, 1.82) is 0 Å². The smallest absolute Gasteiger partial charge is 0.313 e. The molecule has 3 aromatic carbocycles. The lowest BCUT2D eigenvalue weighted by atomic mass is 10.3. The second-order valence-corrected chi connectivity index (χ2v) is 11.4. The molecule has 0 fully saturated rings.